The molecule has 0 aliphatic rings. The summed E-state index contributed by atoms with van der Waals surface area (Å²) in [6.45, 7) is 8.11. The second kappa shape index (κ2) is 14.8. The summed E-state index contributed by atoms with van der Waals surface area (Å²) in [6, 6.07) is 27.7. The summed E-state index contributed by atoms with van der Waals surface area (Å²) in [5.41, 5.74) is 4.74. The van der Waals surface area contributed by atoms with E-state index in [1.807, 2.05) is 95.8 Å². The molecule has 3 aromatic carbocycles. The van der Waals surface area contributed by atoms with Crippen LogP contribution in [0.4, 0.5) is 11.6 Å². The zero-order valence-corrected chi connectivity index (χ0v) is 27.1. The smallest absolute Gasteiger partial charge is 0.258 e. The van der Waals surface area contributed by atoms with Gasteiger partial charge in [0.15, 0.2) is 0 Å². The van der Waals surface area contributed by atoms with Crippen LogP contribution >= 0.6 is 0 Å². The minimum Gasteiger partial charge on any atom is -0.360 e. The van der Waals surface area contributed by atoms with Crippen LogP contribution in [0, 0.1) is 0 Å². The van der Waals surface area contributed by atoms with Gasteiger partial charge in [-0.15, -0.1) is 0 Å². The van der Waals surface area contributed by atoms with E-state index in [0.29, 0.717) is 37.5 Å². The lowest BCUT2D eigenvalue weighted by Gasteiger charge is -2.15. The highest BCUT2D eigenvalue weighted by Crippen LogP contribution is 2.23. The SMILES string of the molecule is C[Si](C)(C)CCOCn1cc(-c2cccc(C(=O)Nc3nc(CCCC(=O)Nc4ccccc4)cn3-c3ccccc3)c2)cn1. The molecule has 0 unspecified atom stereocenters. The monoisotopic (exact) mass is 620 g/mol. The Kier molecular flexibility index (Phi) is 10.4. The molecular weight excluding hydrogens is 581 g/mol. The van der Waals surface area contributed by atoms with E-state index < -0.39 is 8.07 Å². The largest absolute Gasteiger partial charge is 0.360 e. The minimum atomic E-state index is -1.15. The number of aromatic nitrogens is 4. The van der Waals surface area contributed by atoms with Gasteiger partial charge >= 0.3 is 0 Å². The van der Waals surface area contributed by atoms with Gasteiger partial charge in [-0.05, 0) is 60.8 Å². The number of ether oxygens (including phenoxy) is 1. The number of hydrogen-bond donors (Lipinski definition) is 2. The Labute approximate surface area is 265 Å². The van der Waals surface area contributed by atoms with Crippen LogP contribution in [-0.2, 0) is 22.7 Å². The molecule has 2 amide bonds. The lowest BCUT2D eigenvalue weighted by molar-refractivity contribution is -0.116. The first-order chi connectivity index (χ1) is 21.7. The summed E-state index contributed by atoms with van der Waals surface area (Å²) in [5, 5.41) is 10.4. The number of carbonyl (C=O) groups excluding carboxylic acids is 2. The number of anilines is 2. The Morgan fingerprint density at radius 1 is 0.867 bits per heavy atom. The normalized spacial score (nSPS) is 11.4. The number of nitrogens with one attached hydrogen (secondary N) is 2. The van der Waals surface area contributed by atoms with E-state index in [4.69, 9.17) is 9.72 Å². The molecule has 232 valence electrons. The summed E-state index contributed by atoms with van der Waals surface area (Å²) in [5.74, 6) is 0.108. The maximum atomic E-state index is 13.5. The van der Waals surface area contributed by atoms with Crippen LogP contribution in [0.5, 0.6) is 0 Å². The number of benzene rings is 3. The molecule has 10 heteroatoms. The molecule has 0 atom stereocenters. The maximum Gasteiger partial charge on any atom is 0.258 e. The molecule has 0 bridgehead atoms. The summed E-state index contributed by atoms with van der Waals surface area (Å²) in [4.78, 5) is 30.6. The van der Waals surface area contributed by atoms with Crippen molar-refractivity contribution >= 4 is 31.5 Å². The van der Waals surface area contributed by atoms with Crippen molar-refractivity contribution in [2.75, 3.05) is 17.2 Å². The standard InChI is InChI=1S/C35H40N6O3Si/c1-45(2,3)21-20-44-26-40-24-29(23-36-40)27-12-10-13-28(22-27)34(43)39-35-38-31(25-41(35)32-17-8-5-9-18-32)16-11-19-33(42)37-30-14-6-4-7-15-30/h4-10,12-15,17-18,22-25H,11,16,19-21,26H2,1-3H3,(H,37,42)(H,38,39,43). The van der Waals surface area contributed by atoms with E-state index in [9.17, 15) is 9.59 Å². The molecule has 0 fully saturated rings. The molecule has 0 saturated carbocycles. The molecule has 2 heterocycles. The van der Waals surface area contributed by atoms with E-state index in [1.165, 1.54) is 0 Å². The van der Waals surface area contributed by atoms with Gasteiger partial charge in [-0.3, -0.25) is 19.5 Å². The van der Waals surface area contributed by atoms with E-state index >= 15 is 0 Å². The van der Waals surface area contributed by atoms with Crippen molar-refractivity contribution in [2.45, 2.75) is 51.7 Å². The number of carbonyl (C=O) groups is 2. The fraction of sp³-hybridized carbons (Fsp3) is 0.257. The predicted molar refractivity (Wildman–Crippen MR) is 181 cm³/mol. The summed E-state index contributed by atoms with van der Waals surface area (Å²) in [7, 11) is -1.15. The highest BCUT2D eigenvalue weighted by Gasteiger charge is 2.16. The molecule has 0 aliphatic heterocycles. The third-order valence-corrected chi connectivity index (χ3v) is 8.93. The summed E-state index contributed by atoms with van der Waals surface area (Å²) < 4.78 is 9.47. The van der Waals surface area contributed by atoms with Crippen LogP contribution in [0.2, 0.25) is 25.7 Å². The second-order valence-electron chi connectivity index (χ2n) is 12.2. The zero-order chi connectivity index (χ0) is 31.6. The zero-order valence-electron chi connectivity index (χ0n) is 26.1. The fourth-order valence-corrected chi connectivity index (χ4v) is 5.49. The van der Waals surface area contributed by atoms with Gasteiger partial charge in [0, 0.05) is 56.0 Å². The molecule has 2 N–H and O–H groups in total. The van der Waals surface area contributed by atoms with E-state index in [1.54, 1.807) is 16.9 Å². The van der Waals surface area contributed by atoms with Crippen molar-refractivity contribution in [3.63, 3.8) is 0 Å². The second-order valence-corrected chi connectivity index (χ2v) is 17.8. The maximum absolute atomic E-state index is 13.5. The number of hydrogen-bond acceptors (Lipinski definition) is 5. The average Bonchev–Trinajstić information content (AvgIpc) is 3.67. The molecule has 0 aliphatic carbocycles. The van der Waals surface area contributed by atoms with Crippen molar-refractivity contribution in [3.05, 3.63) is 115 Å². The van der Waals surface area contributed by atoms with Crippen LogP contribution in [0.15, 0.2) is 104 Å². The van der Waals surface area contributed by atoms with Crippen LogP contribution in [0.3, 0.4) is 0 Å². The fourth-order valence-electron chi connectivity index (χ4n) is 4.73. The van der Waals surface area contributed by atoms with Crippen molar-refractivity contribution in [3.8, 4) is 16.8 Å². The number of imidazole rings is 1. The Balaban J connectivity index is 1.24. The molecular formula is C35H40N6O3Si. The molecule has 0 saturated heterocycles. The van der Waals surface area contributed by atoms with Crippen molar-refractivity contribution < 1.29 is 14.3 Å². The van der Waals surface area contributed by atoms with Crippen LogP contribution < -0.4 is 10.6 Å². The van der Waals surface area contributed by atoms with Gasteiger partial charge in [0.1, 0.15) is 6.73 Å². The highest BCUT2D eigenvalue weighted by atomic mass is 28.3. The first-order valence-electron chi connectivity index (χ1n) is 15.2. The van der Waals surface area contributed by atoms with Crippen LogP contribution in [-0.4, -0.2) is 45.8 Å². The molecule has 0 spiro atoms. The summed E-state index contributed by atoms with van der Waals surface area (Å²) >= 11 is 0. The number of rotatable bonds is 14. The molecule has 45 heavy (non-hydrogen) atoms. The van der Waals surface area contributed by atoms with Crippen molar-refractivity contribution in [1.82, 2.24) is 19.3 Å². The molecule has 5 rings (SSSR count). The third kappa shape index (κ3) is 9.34. The average molecular weight is 621 g/mol. The number of aryl methyl sites for hydroxylation is 1. The molecule has 2 aromatic heterocycles. The van der Waals surface area contributed by atoms with Crippen LogP contribution in [0.25, 0.3) is 16.8 Å². The third-order valence-electron chi connectivity index (χ3n) is 7.22. The Morgan fingerprint density at radius 3 is 2.38 bits per heavy atom. The van der Waals surface area contributed by atoms with Crippen molar-refractivity contribution in [2.24, 2.45) is 0 Å². The van der Waals surface area contributed by atoms with E-state index in [2.05, 4.69) is 35.4 Å². The van der Waals surface area contributed by atoms with Gasteiger partial charge in [-0.25, -0.2) is 9.67 Å². The number of amides is 2. The van der Waals surface area contributed by atoms with Gasteiger partial charge in [-0.2, -0.15) is 5.10 Å². The minimum absolute atomic E-state index is 0.0443. The Morgan fingerprint density at radius 2 is 1.62 bits per heavy atom. The Hall–Kier alpha value is -4.80. The Bertz CT molecular complexity index is 1710. The van der Waals surface area contributed by atoms with E-state index in [0.717, 1.165) is 40.8 Å². The summed E-state index contributed by atoms with van der Waals surface area (Å²) in [6.07, 6.45) is 7.20. The lowest BCUT2D eigenvalue weighted by atomic mass is 10.1. The van der Waals surface area contributed by atoms with E-state index in [-0.39, 0.29) is 11.8 Å². The predicted octanol–water partition coefficient (Wildman–Crippen LogP) is 7.26. The lowest BCUT2D eigenvalue weighted by Crippen LogP contribution is -2.22. The number of para-hydroxylation sites is 2. The topological polar surface area (TPSA) is 103 Å². The first kappa shape index (κ1) is 31.6. The van der Waals surface area contributed by atoms with Crippen molar-refractivity contribution in [1.29, 1.82) is 0 Å². The van der Waals surface area contributed by atoms with Gasteiger partial charge in [0.2, 0.25) is 11.9 Å². The van der Waals surface area contributed by atoms with Gasteiger partial charge in [-0.1, -0.05) is 68.2 Å². The first-order valence-corrected chi connectivity index (χ1v) is 18.9. The van der Waals surface area contributed by atoms with Crippen LogP contribution in [0.1, 0.15) is 28.9 Å². The van der Waals surface area contributed by atoms with Gasteiger partial charge in [0.05, 0.1) is 11.9 Å². The van der Waals surface area contributed by atoms with Gasteiger partial charge < -0.3 is 10.1 Å². The number of nitrogens with zero attached hydrogens (tertiary/aromatic N) is 4. The quantitative estimate of drug-likeness (QED) is 0.100. The molecule has 9 nitrogen and oxygen atoms in total. The molecule has 0 radical (unpaired) electrons. The molecule has 5 aromatic rings. The van der Waals surface area contributed by atoms with Gasteiger partial charge in [0.25, 0.3) is 5.91 Å². The highest BCUT2D eigenvalue weighted by molar-refractivity contribution is 6.76.